The number of hydrogen-bond donors (Lipinski definition) is 0. The van der Waals surface area contributed by atoms with E-state index in [0.29, 0.717) is 4.83 Å². The van der Waals surface area contributed by atoms with Gasteiger partial charge in [0.05, 0.1) is 0 Å². The monoisotopic (exact) mass is 198 g/mol. The molecule has 0 fully saturated rings. The normalized spacial score (nSPS) is 13.9. The first kappa shape index (κ1) is 8.77. The fraction of sp³-hybridized carbons (Fsp3) is 1.00. The second-order valence-electron chi connectivity index (χ2n) is 1.86. The maximum absolute atomic E-state index is 5.50. The zero-order valence-electron chi connectivity index (χ0n) is 5.16. The molecule has 0 spiro atoms. The number of alkyl halides is 2. The van der Waals surface area contributed by atoms with E-state index in [2.05, 4.69) is 22.9 Å². The highest BCUT2D eigenvalue weighted by Gasteiger charge is 1.98. The van der Waals surface area contributed by atoms with Crippen molar-refractivity contribution in [3.05, 3.63) is 0 Å². The Hall–Kier alpha value is 0.770. The Morgan fingerprint density at radius 1 is 1.50 bits per heavy atom. The van der Waals surface area contributed by atoms with E-state index in [1.54, 1.807) is 0 Å². The topological polar surface area (TPSA) is 0 Å². The van der Waals surface area contributed by atoms with Gasteiger partial charge < -0.3 is 0 Å². The minimum Gasteiger partial charge on any atom is -0.127 e. The molecule has 2 heteroatoms. The van der Waals surface area contributed by atoms with Gasteiger partial charge in [0.25, 0.3) is 0 Å². The van der Waals surface area contributed by atoms with Crippen molar-refractivity contribution in [1.29, 1.82) is 0 Å². The Morgan fingerprint density at radius 3 is 2.50 bits per heavy atom. The predicted octanol–water partition coefficient (Wildman–Crippen LogP) is 3.18. The van der Waals surface area contributed by atoms with Gasteiger partial charge in [0.15, 0.2) is 0 Å². The molecule has 0 amide bonds. The van der Waals surface area contributed by atoms with Crippen molar-refractivity contribution < 1.29 is 0 Å². The molecule has 0 N–H and O–H groups in total. The first-order valence-corrected chi connectivity index (χ1v) is 4.46. The summed E-state index contributed by atoms with van der Waals surface area (Å²) < 4.78 is 0. The van der Waals surface area contributed by atoms with Crippen LogP contribution in [0.1, 0.15) is 26.2 Å². The summed E-state index contributed by atoms with van der Waals surface area (Å²) in [4.78, 5) is 0.644. The molecule has 0 aromatic carbocycles. The maximum atomic E-state index is 5.50. The van der Waals surface area contributed by atoms with Crippen LogP contribution in [0.3, 0.4) is 0 Å². The number of hydrogen-bond acceptors (Lipinski definition) is 0. The molecule has 8 heavy (non-hydrogen) atoms. The summed E-state index contributed by atoms with van der Waals surface area (Å²) in [6, 6.07) is 0. The minimum atomic E-state index is 0.644. The van der Waals surface area contributed by atoms with E-state index in [4.69, 9.17) is 11.6 Å². The molecular formula is C6H12BrCl. The maximum Gasteiger partial charge on any atom is 0.0234 e. The molecule has 0 aliphatic carbocycles. The summed E-state index contributed by atoms with van der Waals surface area (Å²) in [5.74, 6) is 0.774. The van der Waals surface area contributed by atoms with Gasteiger partial charge >= 0.3 is 0 Å². The molecule has 0 heterocycles. The molecule has 1 atom stereocenters. The lowest BCUT2D eigenvalue weighted by Gasteiger charge is -2.02. The van der Waals surface area contributed by atoms with Gasteiger partial charge in [-0.3, -0.25) is 0 Å². The van der Waals surface area contributed by atoms with Gasteiger partial charge in [0, 0.05) is 10.7 Å². The zero-order chi connectivity index (χ0) is 6.41. The van der Waals surface area contributed by atoms with Crippen molar-refractivity contribution in [1.82, 2.24) is 0 Å². The Morgan fingerprint density at radius 2 is 2.12 bits per heavy atom. The molecule has 0 aliphatic heterocycles. The Balaban J connectivity index is 2.92. The van der Waals surface area contributed by atoms with Crippen LogP contribution in [0.25, 0.3) is 0 Å². The average molecular weight is 200 g/mol. The first-order valence-electron chi connectivity index (χ1n) is 3.01. The van der Waals surface area contributed by atoms with Gasteiger partial charge in [-0.2, -0.15) is 0 Å². The second-order valence-corrected chi connectivity index (χ2v) is 3.54. The van der Waals surface area contributed by atoms with Crippen LogP contribution >= 0.6 is 27.5 Å². The first-order chi connectivity index (χ1) is 3.81. The summed E-state index contributed by atoms with van der Waals surface area (Å²) in [7, 11) is 0. The molecule has 0 aliphatic rings. The second kappa shape index (κ2) is 5.90. The largest absolute Gasteiger partial charge is 0.127 e. The van der Waals surface area contributed by atoms with Crippen LogP contribution in [0.4, 0.5) is 0 Å². The van der Waals surface area contributed by atoms with Gasteiger partial charge in [-0.15, -0.1) is 11.6 Å². The van der Waals surface area contributed by atoms with Crippen LogP contribution in [0.15, 0.2) is 0 Å². The van der Waals surface area contributed by atoms with E-state index in [-0.39, 0.29) is 0 Å². The smallest absolute Gasteiger partial charge is 0.0234 e. The van der Waals surface area contributed by atoms with Crippen molar-refractivity contribution in [3.8, 4) is 0 Å². The molecule has 0 unspecified atom stereocenters. The van der Waals surface area contributed by atoms with E-state index in [1.165, 1.54) is 12.8 Å². The highest BCUT2D eigenvalue weighted by molar-refractivity contribution is 9.09. The molecule has 0 saturated carbocycles. The zero-order valence-corrected chi connectivity index (χ0v) is 7.50. The SMILES string of the molecule is CCC[C@@H](Br)CCCl. The molecule has 0 aromatic heterocycles. The standard InChI is InChI=1S/C6H12BrCl/c1-2-3-6(7)4-5-8/h6H,2-5H2,1H3/t6-/m1/s1. The summed E-state index contributed by atoms with van der Waals surface area (Å²) >= 11 is 9.02. The van der Waals surface area contributed by atoms with Crippen molar-refractivity contribution in [3.63, 3.8) is 0 Å². The number of rotatable bonds is 4. The molecule has 50 valence electrons. The highest BCUT2D eigenvalue weighted by Crippen LogP contribution is 2.11. The Bertz CT molecular complexity index is 41.8. The molecule has 0 radical (unpaired) electrons. The van der Waals surface area contributed by atoms with Crippen LogP contribution < -0.4 is 0 Å². The van der Waals surface area contributed by atoms with Gasteiger partial charge in [0.1, 0.15) is 0 Å². The van der Waals surface area contributed by atoms with Gasteiger partial charge in [-0.1, -0.05) is 29.3 Å². The summed E-state index contributed by atoms with van der Waals surface area (Å²) in [6.07, 6.45) is 3.58. The minimum absolute atomic E-state index is 0.644. The third-order valence-corrected chi connectivity index (χ3v) is 2.16. The van der Waals surface area contributed by atoms with Gasteiger partial charge in [-0.05, 0) is 12.8 Å². The van der Waals surface area contributed by atoms with Crippen molar-refractivity contribution >= 4 is 27.5 Å². The van der Waals surface area contributed by atoms with Gasteiger partial charge in [-0.25, -0.2) is 0 Å². The molecule has 0 nitrogen and oxygen atoms in total. The quantitative estimate of drug-likeness (QED) is 0.610. The highest BCUT2D eigenvalue weighted by atomic mass is 79.9. The van der Waals surface area contributed by atoms with Crippen LogP contribution in [0.5, 0.6) is 0 Å². The fourth-order valence-corrected chi connectivity index (χ4v) is 1.79. The summed E-state index contributed by atoms with van der Waals surface area (Å²) in [6.45, 7) is 2.18. The lowest BCUT2D eigenvalue weighted by Crippen LogP contribution is -1.96. The van der Waals surface area contributed by atoms with E-state index in [9.17, 15) is 0 Å². The summed E-state index contributed by atoms with van der Waals surface area (Å²) in [5, 5.41) is 0. The van der Waals surface area contributed by atoms with Gasteiger partial charge in [0.2, 0.25) is 0 Å². The molecule has 0 bridgehead atoms. The van der Waals surface area contributed by atoms with E-state index >= 15 is 0 Å². The number of halogens is 2. The van der Waals surface area contributed by atoms with E-state index < -0.39 is 0 Å². The third-order valence-electron chi connectivity index (χ3n) is 1.02. The average Bonchev–Trinajstić information content (AvgIpc) is 1.68. The van der Waals surface area contributed by atoms with Crippen molar-refractivity contribution in [2.45, 2.75) is 31.0 Å². The lowest BCUT2D eigenvalue weighted by molar-refractivity contribution is 0.732. The molecule has 0 saturated heterocycles. The van der Waals surface area contributed by atoms with Crippen molar-refractivity contribution in [2.24, 2.45) is 0 Å². The lowest BCUT2D eigenvalue weighted by atomic mass is 10.2. The predicted molar refractivity (Wildman–Crippen MR) is 43.0 cm³/mol. The van der Waals surface area contributed by atoms with E-state index in [0.717, 1.165) is 12.3 Å². The fourth-order valence-electron chi connectivity index (χ4n) is 0.576. The van der Waals surface area contributed by atoms with Crippen LogP contribution in [-0.4, -0.2) is 10.7 Å². The summed E-state index contributed by atoms with van der Waals surface area (Å²) in [5.41, 5.74) is 0. The van der Waals surface area contributed by atoms with Crippen LogP contribution in [-0.2, 0) is 0 Å². The van der Waals surface area contributed by atoms with Crippen LogP contribution in [0, 0.1) is 0 Å². The third kappa shape index (κ3) is 4.92. The molecule has 0 rings (SSSR count). The van der Waals surface area contributed by atoms with Crippen LogP contribution in [0.2, 0.25) is 0 Å². The van der Waals surface area contributed by atoms with E-state index in [1.807, 2.05) is 0 Å². The Kier molecular flexibility index (Phi) is 6.47. The molecular weight excluding hydrogens is 187 g/mol. The molecule has 0 aromatic rings. The van der Waals surface area contributed by atoms with Crippen molar-refractivity contribution in [2.75, 3.05) is 5.88 Å². The Labute approximate surface area is 64.7 Å².